The maximum atomic E-state index is 12.9. The highest BCUT2D eigenvalue weighted by molar-refractivity contribution is 5.91. The van der Waals surface area contributed by atoms with E-state index in [-0.39, 0.29) is 23.8 Å². The van der Waals surface area contributed by atoms with E-state index in [9.17, 15) is 4.79 Å². The molecule has 5 rings (SSSR count). The molecule has 1 saturated heterocycles. The molecule has 2 unspecified atom stereocenters. The molecule has 6 N–H and O–H groups in total. The summed E-state index contributed by atoms with van der Waals surface area (Å²) < 4.78 is 0. The van der Waals surface area contributed by atoms with Crippen molar-refractivity contribution >= 4 is 34.4 Å². The Hall–Kier alpha value is -4.14. The third kappa shape index (κ3) is 4.36. The topological polar surface area (TPSA) is 139 Å². The lowest BCUT2D eigenvalue weighted by atomic mass is 9.92. The second-order valence-corrected chi connectivity index (χ2v) is 8.82. The van der Waals surface area contributed by atoms with Gasteiger partial charge in [-0.05, 0) is 37.5 Å². The number of hydrogen-bond acceptors (Lipinski definition) is 7. The van der Waals surface area contributed by atoms with Crippen molar-refractivity contribution < 1.29 is 4.79 Å². The maximum Gasteiger partial charge on any atom is 0.225 e. The molecule has 34 heavy (non-hydrogen) atoms. The van der Waals surface area contributed by atoms with Gasteiger partial charge in [-0.3, -0.25) is 9.89 Å². The molecular formula is C25H28N8O. The number of benzene rings is 2. The number of rotatable bonds is 5. The lowest BCUT2D eigenvalue weighted by Crippen LogP contribution is -2.47. The summed E-state index contributed by atoms with van der Waals surface area (Å²) in [6, 6.07) is 17.9. The molecule has 2 aromatic carbocycles. The zero-order valence-electron chi connectivity index (χ0n) is 19.0. The van der Waals surface area contributed by atoms with E-state index >= 15 is 0 Å². The lowest BCUT2D eigenvalue weighted by Gasteiger charge is -2.38. The minimum absolute atomic E-state index is 0.0605. The largest absolute Gasteiger partial charge is 0.382 e. The van der Waals surface area contributed by atoms with Crippen LogP contribution in [0, 0.1) is 5.92 Å². The summed E-state index contributed by atoms with van der Waals surface area (Å²) in [6.45, 7) is 3.25. The van der Waals surface area contributed by atoms with Crippen molar-refractivity contribution in [1.29, 1.82) is 0 Å². The second kappa shape index (κ2) is 9.01. The van der Waals surface area contributed by atoms with Crippen LogP contribution in [0.15, 0.2) is 54.6 Å². The summed E-state index contributed by atoms with van der Waals surface area (Å²) in [4.78, 5) is 24.0. The Balaban J connectivity index is 1.36. The number of nitrogens with zero attached hydrogens (tertiary/aromatic N) is 4. The summed E-state index contributed by atoms with van der Waals surface area (Å²) >= 11 is 0. The van der Waals surface area contributed by atoms with Crippen LogP contribution in [-0.4, -0.2) is 38.7 Å². The van der Waals surface area contributed by atoms with E-state index in [1.165, 1.54) is 0 Å². The molecule has 0 spiro atoms. The fraction of sp³-hybridized carbons (Fsp3) is 0.280. The van der Waals surface area contributed by atoms with E-state index in [0.29, 0.717) is 24.6 Å². The van der Waals surface area contributed by atoms with E-state index in [1.54, 1.807) is 0 Å². The minimum Gasteiger partial charge on any atom is -0.382 e. The molecule has 3 heterocycles. The first-order valence-electron chi connectivity index (χ1n) is 11.4. The van der Waals surface area contributed by atoms with E-state index in [2.05, 4.69) is 37.3 Å². The van der Waals surface area contributed by atoms with Gasteiger partial charge in [0.25, 0.3) is 0 Å². The molecule has 4 aromatic rings. The molecule has 9 nitrogen and oxygen atoms in total. The first-order valence-corrected chi connectivity index (χ1v) is 11.4. The van der Waals surface area contributed by atoms with Crippen LogP contribution in [-0.2, 0) is 11.3 Å². The van der Waals surface area contributed by atoms with Gasteiger partial charge in [-0.15, -0.1) is 0 Å². The Bertz CT molecular complexity index is 1320. The molecule has 9 heteroatoms. The number of aromatic nitrogens is 4. The molecule has 1 fully saturated rings. The summed E-state index contributed by atoms with van der Waals surface area (Å²) in [7, 11) is 0. The second-order valence-electron chi connectivity index (χ2n) is 8.82. The van der Waals surface area contributed by atoms with Gasteiger partial charge in [-0.2, -0.15) is 10.1 Å². The van der Waals surface area contributed by atoms with E-state index < -0.39 is 0 Å². The van der Waals surface area contributed by atoms with Crippen molar-refractivity contribution in [3.05, 3.63) is 60.2 Å². The van der Waals surface area contributed by atoms with Gasteiger partial charge < -0.3 is 21.7 Å². The van der Waals surface area contributed by atoms with Crippen molar-refractivity contribution in [2.75, 3.05) is 22.9 Å². The number of amides is 1. The van der Waals surface area contributed by atoms with Crippen LogP contribution in [0.25, 0.3) is 22.2 Å². The smallest absolute Gasteiger partial charge is 0.225 e. The van der Waals surface area contributed by atoms with Crippen LogP contribution < -0.4 is 21.7 Å². The Morgan fingerprint density at radius 2 is 1.94 bits per heavy atom. The van der Waals surface area contributed by atoms with Gasteiger partial charge in [-0.25, -0.2) is 4.98 Å². The normalized spacial score (nSPS) is 18.2. The fourth-order valence-corrected chi connectivity index (χ4v) is 4.52. The van der Waals surface area contributed by atoms with Crippen LogP contribution in [0.4, 0.5) is 17.6 Å². The predicted octanol–water partition coefficient (Wildman–Crippen LogP) is 3.11. The number of piperidine rings is 1. The Morgan fingerprint density at radius 3 is 2.76 bits per heavy atom. The van der Waals surface area contributed by atoms with Gasteiger partial charge in [0.05, 0.1) is 17.1 Å². The van der Waals surface area contributed by atoms with Crippen molar-refractivity contribution in [3.63, 3.8) is 0 Å². The zero-order valence-corrected chi connectivity index (χ0v) is 19.0. The van der Waals surface area contributed by atoms with Gasteiger partial charge in [-0.1, -0.05) is 36.4 Å². The third-order valence-corrected chi connectivity index (χ3v) is 6.47. The molecule has 0 aliphatic carbocycles. The van der Waals surface area contributed by atoms with Crippen molar-refractivity contribution in [2.24, 2.45) is 5.92 Å². The molecule has 1 amide bonds. The van der Waals surface area contributed by atoms with E-state index in [4.69, 9.17) is 11.5 Å². The van der Waals surface area contributed by atoms with Crippen LogP contribution in [0.5, 0.6) is 0 Å². The average molecular weight is 457 g/mol. The van der Waals surface area contributed by atoms with Crippen LogP contribution in [0.1, 0.15) is 25.3 Å². The van der Waals surface area contributed by atoms with Crippen LogP contribution >= 0.6 is 0 Å². The van der Waals surface area contributed by atoms with Crippen molar-refractivity contribution in [3.8, 4) is 11.3 Å². The van der Waals surface area contributed by atoms with Gasteiger partial charge in [0.15, 0.2) is 5.82 Å². The molecule has 174 valence electrons. The number of anilines is 3. The number of carbonyl (C=O) groups excluding carboxylic acids is 1. The highest BCUT2D eigenvalue weighted by Gasteiger charge is 2.31. The Kier molecular flexibility index (Phi) is 5.75. The molecular weight excluding hydrogens is 428 g/mol. The number of carbonyl (C=O) groups is 1. The first kappa shape index (κ1) is 21.7. The monoisotopic (exact) mass is 456 g/mol. The molecule has 0 bridgehead atoms. The van der Waals surface area contributed by atoms with Crippen LogP contribution in [0.3, 0.4) is 0 Å². The molecule has 2 aromatic heterocycles. The molecule has 1 aliphatic rings. The number of hydrogen-bond donors (Lipinski definition) is 4. The number of nitrogen functional groups attached to an aromatic ring is 2. The number of nitrogens with one attached hydrogen (secondary N) is 2. The summed E-state index contributed by atoms with van der Waals surface area (Å²) in [5.41, 5.74) is 15.5. The Morgan fingerprint density at radius 1 is 1.12 bits per heavy atom. The summed E-state index contributed by atoms with van der Waals surface area (Å²) in [5.74, 6) is 1.32. The van der Waals surface area contributed by atoms with Gasteiger partial charge in [0, 0.05) is 36.1 Å². The lowest BCUT2D eigenvalue weighted by molar-refractivity contribution is -0.125. The Labute approximate surface area is 197 Å². The number of nitrogens with two attached hydrogens (primary N) is 2. The molecule has 1 aliphatic heterocycles. The number of fused-ring (bicyclic) bond motifs is 1. The quantitative estimate of drug-likeness (QED) is 0.362. The zero-order chi connectivity index (χ0) is 23.7. The van der Waals surface area contributed by atoms with Crippen LogP contribution in [0.2, 0.25) is 0 Å². The highest BCUT2D eigenvalue weighted by Crippen LogP contribution is 2.31. The fourth-order valence-electron chi connectivity index (χ4n) is 4.52. The molecule has 0 radical (unpaired) electrons. The van der Waals surface area contributed by atoms with Crippen molar-refractivity contribution in [1.82, 2.24) is 25.5 Å². The maximum absolute atomic E-state index is 12.9. The number of aromatic amines is 1. The summed E-state index contributed by atoms with van der Waals surface area (Å²) in [5, 5.41) is 10.9. The van der Waals surface area contributed by atoms with E-state index in [1.807, 2.05) is 54.6 Å². The first-order chi connectivity index (χ1) is 16.5. The van der Waals surface area contributed by atoms with Gasteiger partial charge in [0.1, 0.15) is 5.82 Å². The highest BCUT2D eigenvalue weighted by atomic mass is 16.1. The SMILES string of the molecule is CC1CCC(C(=O)NCc2ccccc2)CN1c1cc(-c2ccc3c(N)n[nH]c3c2)nc(N)n1. The molecule has 0 saturated carbocycles. The standard InChI is InChI=1S/C25H28N8O/c1-15-7-8-18(24(34)28-13-16-5-3-2-4-6-16)14-33(15)22-12-20(29-25(27)30-22)17-9-10-19-21(11-17)31-32-23(19)26/h2-6,9-12,15,18H,7-8,13-14H2,1H3,(H,28,34)(H3,26,31,32)(H2,27,29,30). The molecule has 2 atom stereocenters. The minimum atomic E-state index is -0.121. The van der Waals surface area contributed by atoms with Crippen molar-refractivity contribution in [2.45, 2.75) is 32.4 Å². The van der Waals surface area contributed by atoms with Gasteiger partial charge >= 0.3 is 0 Å². The predicted molar refractivity (Wildman–Crippen MR) is 134 cm³/mol. The third-order valence-electron chi connectivity index (χ3n) is 6.47. The number of H-pyrrole nitrogens is 1. The van der Waals surface area contributed by atoms with E-state index in [0.717, 1.165) is 40.7 Å². The summed E-state index contributed by atoms with van der Waals surface area (Å²) in [6.07, 6.45) is 1.73. The average Bonchev–Trinajstić information content (AvgIpc) is 3.23. The van der Waals surface area contributed by atoms with Gasteiger partial charge in [0.2, 0.25) is 11.9 Å².